The number of amides is 2. The highest BCUT2D eigenvalue weighted by Crippen LogP contribution is 1.89. The van der Waals surface area contributed by atoms with E-state index in [2.05, 4.69) is 10.6 Å². The molecule has 0 saturated carbocycles. The molecule has 0 aromatic rings. The van der Waals surface area contributed by atoms with Crippen molar-refractivity contribution in [1.29, 1.82) is 0 Å². The molecule has 88 valence electrons. The van der Waals surface area contributed by atoms with Crippen LogP contribution in [0.1, 0.15) is 20.3 Å². The number of carbonyl (C=O) groups is 2. The first kappa shape index (κ1) is 13.9. The third kappa shape index (κ3) is 7.93. The van der Waals surface area contributed by atoms with E-state index in [1.165, 1.54) is 0 Å². The second-order valence-corrected chi connectivity index (χ2v) is 3.57. The predicted molar refractivity (Wildman–Crippen MR) is 57.4 cm³/mol. The van der Waals surface area contributed by atoms with Crippen molar-refractivity contribution < 1.29 is 14.3 Å². The van der Waals surface area contributed by atoms with Crippen LogP contribution in [0.4, 0.5) is 0 Å². The Balaban J connectivity index is 3.45. The summed E-state index contributed by atoms with van der Waals surface area (Å²) in [5.41, 5.74) is 0. The molecule has 15 heavy (non-hydrogen) atoms. The quantitative estimate of drug-likeness (QED) is 0.584. The summed E-state index contributed by atoms with van der Waals surface area (Å²) >= 11 is 0. The predicted octanol–water partition coefficient (Wildman–Crippen LogP) is -0.0887. The molecular formula is C10H20N2O3. The molecular weight excluding hydrogens is 196 g/mol. The molecule has 0 bridgehead atoms. The molecule has 0 aliphatic heterocycles. The van der Waals surface area contributed by atoms with Crippen molar-refractivity contribution in [2.75, 3.05) is 26.8 Å². The molecule has 0 aromatic heterocycles. The Morgan fingerprint density at radius 3 is 2.47 bits per heavy atom. The van der Waals surface area contributed by atoms with Gasteiger partial charge in [-0.15, -0.1) is 0 Å². The fourth-order valence-corrected chi connectivity index (χ4v) is 0.878. The number of methoxy groups -OCH3 is 1. The van der Waals surface area contributed by atoms with Crippen LogP contribution in [0.3, 0.4) is 0 Å². The maximum atomic E-state index is 11.2. The largest absolute Gasteiger partial charge is 0.385 e. The van der Waals surface area contributed by atoms with Gasteiger partial charge in [-0.2, -0.15) is 0 Å². The molecule has 2 amide bonds. The summed E-state index contributed by atoms with van der Waals surface area (Å²) in [7, 11) is 1.62. The van der Waals surface area contributed by atoms with Crippen molar-refractivity contribution >= 4 is 11.8 Å². The lowest BCUT2D eigenvalue weighted by Crippen LogP contribution is -2.39. The maximum Gasteiger partial charge on any atom is 0.239 e. The zero-order valence-corrected chi connectivity index (χ0v) is 9.63. The van der Waals surface area contributed by atoms with Crippen molar-refractivity contribution in [2.24, 2.45) is 5.92 Å². The minimum atomic E-state index is -0.167. The number of carbonyl (C=O) groups excluding carboxylic acids is 2. The van der Waals surface area contributed by atoms with Crippen LogP contribution in [-0.2, 0) is 14.3 Å². The van der Waals surface area contributed by atoms with E-state index in [0.717, 1.165) is 6.42 Å². The summed E-state index contributed by atoms with van der Waals surface area (Å²) < 4.78 is 4.83. The molecule has 0 aromatic carbocycles. The number of ether oxygens (including phenoxy) is 1. The first-order chi connectivity index (χ1) is 7.07. The standard InChI is InChI=1S/C10H20N2O3/c1-8(2)10(14)12-7-9(13)11-5-4-6-15-3/h8H,4-7H2,1-3H3,(H,11,13)(H,12,14). The molecule has 5 nitrogen and oxygen atoms in total. The monoisotopic (exact) mass is 216 g/mol. The maximum absolute atomic E-state index is 11.2. The molecule has 0 unspecified atom stereocenters. The number of rotatable bonds is 7. The van der Waals surface area contributed by atoms with Crippen LogP contribution in [0.25, 0.3) is 0 Å². The van der Waals surface area contributed by atoms with E-state index in [-0.39, 0.29) is 24.3 Å². The first-order valence-corrected chi connectivity index (χ1v) is 5.11. The molecule has 0 rings (SSSR count). The minimum absolute atomic E-state index is 0.0456. The lowest BCUT2D eigenvalue weighted by molar-refractivity contribution is -0.127. The molecule has 5 heteroatoms. The van der Waals surface area contributed by atoms with Gasteiger partial charge in [-0.05, 0) is 6.42 Å². The zero-order valence-electron chi connectivity index (χ0n) is 9.63. The fraction of sp³-hybridized carbons (Fsp3) is 0.800. The third-order valence-corrected chi connectivity index (χ3v) is 1.79. The third-order valence-electron chi connectivity index (χ3n) is 1.79. The van der Waals surface area contributed by atoms with Gasteiger partial charge in [-0.3, -0.25) is 9.59 Å². The normalized spacial score (nSPS) is 10.1. The topological polar surface area (TPSA) is 67.4 Å². The van der Waals surface area contributed by atoms with Crippen molar-refractivity contribution in [3.05, 3.63) is 0 Å². The lowest BCUT2D eigenvalue weighted by atomic mass is 10.2. The Morgan fingerprint density at radius 2 is 1.93 bits per heavy atom. The number of hydrogen-bond acceptors (Lipinski definition) is 3. The van der Waals surface area contributed by atoms with E-state index >= 15 is 0 Å². The summed E-state index contributed by atoms with van der Waals surface area (Å²) in [5.74, 6) is -0.367. The van der Waals surface area contributed by atoms with Crippen LogP contribution >= 0.6 is 0 Å². The Morgan fingerprint density at radius 1 is 1.27 bits per heavy atom. The minimum Gasteiger partial charge on any atom is -0.385 e. The van der Waals surface area contributed by atoms with E-state index in [9.17, 15) is 9.59 Å². The fourth-order valence-electron chi connectivity index (χ4n) is 0.878. The van der Waals surface area contributed by atoms with E-state index < -0.39 is 0 Å². The van der Waals surface area contributed by atoms with Gasteiger partial charge in [0, 0.05) is 26.2 Å². The van der Waals surface area contributed by atoms with E-state index in [1.807, 2.05) is 0 Å². The smallest absolute Gasteiger partial charge is 0.239 e. The van der Waals surface area contributed by atoms with Crippen LogP contribution in [0.15, 0.2) is 0 Å². The van der Waals surface area contributed by atoms with Gasteiger partial charge in [0.05, 0.1) is 6.54 Å². The molecule has 0 aliphatic carbocycles. The number of hydrogen-bond donors (Lipinski definition) is 2. The lowest BCUT2D eigenvalue weighted by Gasteiger charge is -2.08. The SMILES string of the molecule is COCCCNC(=O)CNC(=O)C(C)C. The molecule has 0 atom stereocenters. The first-order valence-electron chi connectivity index (χ1n) is 5.11. The van der Waals surface area contributed by atoms with Crippen LogP contribution in [-0.4, -0.2) is 38.6 Å². The average molecular weight is 216 g/mol. The second-order valence-electron chi connectivity index (χ2n) is 3.57. The molecule has 0 aliphatic rings. The van der Waals surface area contributed by atoms with Gasteiger partial charge < -0.3 is 15.4 Å². The van der Waals surface area contributed by atoms with Gasteiger partial charge >= 0.3 is 0 Å². The molecule has 0 heterocycles. The molecule has 0 spiro atoms. The van der Waals surface area contributed by atoms with Gasteiger partial charge in [0.15, 0.2) is 0 Å². The summed E-state index contributed by atoms with van der Waals surface area (Å²) in [6.45, 7) is 4.81. The van der Waals surface area contributed by atoms with Gasteiger partial charge in [-0.25, -0.2) is 0 Å². The number of nitrogens with one attached hydrogen (secondary N) is 2. The summed E-state index contributed by atoms with van der Waals surface area (Å²) in [6.07, 6.45) is 0.778. The highest BCUT2D eigenvalue weighted by Gasteiger charge is 2.07. The Kier molecular flexibility index (Phi) is 7.62. The van der Waals surface area contributed by atoms with E-state index in [1.54, 1.807) is 21.0 Å². The van der Waals surface area contributed by atoms with Crippen molar-refractivity contribution in [1.82, 2.24) is 10.6 Å². The van der Waals surface area contributed by atoms with Crippen molar-refractivity contribution in [3.63, 3.8) is 0 Å². The van der Waals surface area contributed by atoms with Crippen LogP contribution in [0, 0.1) is 5.92 Å². The highest BCUT2D eigenvalue weighted by atomic mass is 16.5. The Bertz CT molecular complexity index is 205. The average Bonchev–Trinajstić information content (AvgIpc) is 2.20. The Hall–Kier alpha value is -1.10. The van der Waals surface area contributed by atoms with Crippen LogP contribution in [0.2, 0.25) is 0 Å². The summed E-state index contributed by atoms with van der Waals surface area (Å²) in [6, 6.07) is 0. The summed E-state index contributed by atoms with van der Waals surface area (Å²) in [4.78, 5) is 22.3. The van der Waals surface area contributed by atoms with Crippen LogP contribution in [0.5, 0.6) is 0 Å². The van der Waals surface area contributed by atoms with Gasteiger partial charge in [0.1, 0.15) is 0 Å². The summed E-state index contributed by atoms with van der Waals surface area (Å²) in [5, 5.41) is 5.22. The molecule has 0 fully saturated rings. The molecule has 0 radical (unpaired) electrons. The Labute approximate surface area is 90.6 Å². The second kappa shape index (κ2) is 8.23. The van der Waals surface area contributed by atoms with Crippen LogP contribution < -0.4 is 10.6 Å². The van der Waals surface area contributed by atoms with E-state index in [4.69, 9.17) is 4.74 Å². The van der Waals surface area contributed by atoms with Gasteiger partial charge in [-0.1, -0.05) is 13.8 Å². The van der Waals surface area contributed by atoms with Gasteiger partial charge in [0.2, 0.25) is 11.8 Å². The molecule has 0 saturated heterocycles. The highest BCUT2D eigenvalue weighted by molar-refractivity contribution is 5.85. The van der Waals surface area contributed by atoms with Crippen molar-refractivity contribution in [2.45, 2.75) is 20.3 Å². The van der Waals surface area contributed by atoms with Crippen molar-refractivity contribution in [3.8, 4) is 0 Å². The van der Waals surface area contributed by atoms with E-state index in [0.29, 0.717) is 13.2 Å². The van der Waals surface area contributed by atoms with Gasteiger partial charge in [0.25, 0.3) is 0 Å². The molecule has 2 N–H and O–H groups in total. The zero-order chi connectivity index (χ0) is 11.7.